The van der Waals surface area contributed by atoms with Gasteiger partial charge in [0.25, 0.3) is 0 Å². The molecule has 0 aliphatic carbocycles. The molecular weight excluding hydrogens is 462 g/mol. The molecule has 0 saturated carbocycles. The van der Waals surface area contributed by atoms with Crippen LogP contribution in [0.5, 0.6) is 5.75 Å². The zero-order valence-corrected chi connectivity index (χ0v) is 22.9. The quantitative estimate of drug-likeness (QED) is 0.415. The van der Waals surface area contributed by atoms with E-state index in [4.69, 9.17) is 14.6 Å². The standard InChI is InChI=1S/C28H41NO7/c1-10-35-25(33)21-15(2)29-16(3)22(26(34)36-14-18(31)13-30)23(21)17-11-19(27(4,5)6)24(32)20(12-17)28(7,8)9/h11-12,18,23,29-32H,10,13-14H2,1-9H3. The van der Waals surface area contributed by atoms with Crippen molar-refractivity contribution in [2.45, 2.75) is 85.2 Å². The Balaban J connectivity index is 2.87. The van der Waals surface area contributed by atoms with Gasteiger partial charge in [0.2, 0.25) is 0 Å². The summed E-state index contributed by atoms with van der Waals surface area (Å²) in [6.45, 7) is 16.3. The van der Waals surface area contributed by atoms with E-state index in [-0.39, 0.29) is 23.5 Å². The van der Waals surface area contributed by atoms with Crippen molar-refractivity contribution < 1.29 is 34.4 Å². The molecule has 200 valence electrons. The van der Waals surface area contributed by atoms with Crippen LogP contribution in [0.25, 0.3) is 0 Å². The van der Waals surface area contributed by atoms with Gasteiger partial charge < -0.3 is 30.1 Å². The summed E-state index contributed by atoms with van der Waals surface area (Å²) in [5.74, 6) is -1.95. The molecule has 8 heteroatoms. The lowest BCUT2D eigenvalue weighted by molar-refractivity contribution is -0.143. The summed E-state index contributed by atoms with van der Waals surface area (Å²) in [5, 5.41) is 33.2. The number of ether oxygens (including phenoxy) is 2. The first-order valence-electron chi connectivity index (χ1n) is 12.2. The third kappa shape index (κ3) is 6.28. The number of aromatic hydroxyl groups is 1. The summed E-state index contributed by atoms with van der Waals surface area (Å²) in [7, 11) is 0. The maximum atomic E-state index is 13.3. The Morgan fingerprint density at radius 1 is 0.944 bits per heavy atom. The highest BCUT2D eigenvalue weighted by atomic mass is 16.5. The first-order valence-corrected chi connectivity index (χ1v) is 12.2. The SMILES string of the molecule is CCOC(=O)C1=C(C)NC(C)=C(C(=O)OCC(O)CO)C1c1cc(C(C)(C)C)c(O)c(C(C)(C)C)c1. The van der Waals surface area contributed by atoms with Gasteiger partial charge in [-0.05, 0) is 48.3 Å². The zero-order chi connectivity index (χ0) is 27.6. The fourth-order valence-electron chi connectivity index (χ4n) is 4.35. The van der Waals surface area contributed by atoms with E-state index in [2.05, 4.69) is 5.32 Å². The van der Waals surface area contributed by atoms with Crippen LogP contribution in [0.4, 0.5) is 0 Å². The molecule has 1 aromatic carbocycles. The molecule has 1 aliphatic heterocycles. The molecule has 0 radical (unpaired) electrons. The summed E-state index contributed by atoms with van der Waals surface area (Å²) >= 11 is 0. The van der Waals surface area contributed by atoms with E-state index in [1.54, 1.807) is 20.8 Å². The van der Waals surface area contributed by atoms with Crippen LogP contribution < -0.4 is 5.32 Å². The van der Waals surface area contributed by atoms with Gasteiger partial charge in [0.15, 0.2) is 0 Å². The average molecular weight is 504 g/mol. The van der Waals surface area contributed by atoms with Gasteiger partial charge in [0.05, 0.1) is 30.3 Å². The largest absolute Gasteiger partial charge is 0.507 e. The van der Waals surface area contributed by atoms with Crippen LogP contribution in [0.15, 0.2) is 34.7 Å². The van der Waals surface area contributed by atoms with Crippen LogP contribution >= 0.6 is 0 Å². The predicted molar refractivity (Wildman–Crippen MR) is 137 cm³/mol. The molecule has 0 amide bonds. The van der Waals surface area contributed by atoms with Crippen molar-refractivity contribution in [2.24, 2.45) is 0 Å². The minimum absolute atomic E-state index is 0.156. The van der Waals surface area contributed by atoms with Crippen molar-refractivity contribution in [2.75, 3.05) is 19.8 Å². The number of dihydropyridines is 1. The summed E-state index contributed by atoms with van der Waals surface area (Å²) in [6.07, 6.45) is -1.22. The summed E-state index contributed by atoms with van der Waals surface area (Å²) in [6, 6.07) is 3.66. The number of phenols is 1. The Morgan fingerprint density at radius 2 is 1.39 bits per heavy atom. The molecule has 0 saturated heterocycles. The molecule has 2 rings (SSSR count). The number of aliphatic hydroxyl groups is 2. The molecule has 2 unspecified atom stereocenters. The third-order valence-electron chi connectivity index (χ3n) is 6.17. The predicted octanol–water partition coefficient (Wildman–Crippen LogP) is 3.68. The number of carbonyl (C=O) groups excluding carboxylic acids is 2. The van der Waals surface area contributed by atoms with Gasteiger partial charge in [-0.25, -0.2) is 9.59 Å². The van der Waals surface area contributed by atoms with Gasteiger partial charge in [0, 0.05) is 11.4 Å². The fourth-order valence-corrected chi connectivity index (χ4v) is 4.35. The lowest BCUT2D eigenvalue weighted by atomic mass is 9.73. The van der Waals surface area contributed by atoms with Crippen molar-refractivity contribution in [1.29, 1.82) is 0 Å². The number of nitrogens with one attached hydrogen (secondary N) is 1. The van der Waals surface area contributed by atoms with Crippen LogP contribution in [-0.2, 0) is 29.9 Å². The highest BCUT2D eigenvalue weighted by molar-refractivity contribution is 6.00. The van der Waals surface area contributed by atoms with Crippen LogP contribution in [-0.4, -0.2) is 53.2 Å². The van der Waals surface area contributed by atoms with Crippen LogP contribution in [0.1, 0.15) is 84.9 Å². The fraction of sp³-hybridized carbons (Fsp3) is 0.571. The third-order valence-corrected chi connectivity index (χ3v) is 6.17. The molecule has 0 bridgehead atoms. The second-order valence-electron chi connectivity index (χ2n) is 11.3. The van der Waals surface area contributed by atoms with E-state index in [9.17, 15) is 19.8 Å². The number of hydrogen-bond donors (Lipinski definition) is 4. The molecule has 1 aliphatic rings. The van der Waals surface area contributed by atoms with Crippen molar-refractivity contribution in [3.05, 3.63) is 51.4 Å². The zero-order valence-electron chi connectivity index (χ0n) is 22.9. The van der Waals surface area contributed by atoms with Gasteiger partial charge in [-0.3, -0.25) is 0 Å². The highest BCUT2D eigenvalue weighted by Gasteiger charge is 2.40. The van der Waals surface area contributed by atoms with Gasteiger partial charge in [-0.2, -0.15) is 0 Å². The summed E-state index contributed by atoms with van der Waals surface area (Å²) < 4.78 is 10.7. The Morgan fingerprint density at radius 3 is 1.78 bits per heavy atom. The number of carbonyl (C=O) groups is 2. The van der Waals surface area contributed by atoms with Crippen molar-refractivity contribution in [1.82, 2.24) is 5.32 Å². The van der Waals surface area contributed by atoms with Crippen molar-refractivity contribution in [3.63, 3.8) is 0 Å². The van der Waals surface area contributed by atoms with Gasteiger partial charge >= 0.3 is 11.9 Å². The molecule has 0 spiro atoms. The Kier molecular flexibility index (Phi) is 9.02. The molecule has 1 aromatic rings. The van der Waals surface area contributed by atoms with Gasteiger partial charge in [0.1, 0.15) is 18.5 Å². The Bertz CT molecular complexity index is 1040. The van der Waals surface area contributed by atoms with E-state index in [1.807, 2.05) is 53.7 Å². The molecule has 1 heterocycles. The minimum atomic E-state index is -1.22. The van der Waals surface area contributed by atoms with E-state index < -0.39 is 48.0 Å². The second-order valence-corrected chi connectivity index (χ2v) is 11.3. The number of phenolic OH excluding ortho intramolecular Hbond substituents is 1. The van der Waals surface area contributed by atoms with Crippen molar-refractivity contribution >= 4 is 11.9 Å². The topological polar surface area (TPSA) is 125 Å². The normalized spacial score (nSPS) is 17.6. The number of aliphatic hydroxyl groups excluding tert-OH is 2. The van der Waals surface area contributed by atoms with Crippen molar-refractivity contribution in [3.8, 4) is 5.75 Å². The molecule has 4 N–H and O–H groups in total. The van der Waals surface area contributed by atoms with Crippen LogP contribution in [0.2, 0.25) is 0 Å². The second kappa shape index (κ2) is 11.0. The minimum Gasteiger partial charge on any atom is -0.507 e. The number of rotatable bonds is 7. The van der Waals surface area contributed by atoms with E-state index in [1.165, 1.54) is 0 Å². The first-order chi connectivity index (χ1) is 16.5. The molecule has 0 fully saturated rings. The molecule has 8 nitrogen and oxygen atoms in total. The number of esters is 2. The number of hydrogen-bond acceptors (Lipinski definition) is 8. The summed E-state index contributed by atoms with van der Waals surface area (Å²) in [5.41, 5.74) is 2.65. The maximum Gasteiger partial charge on any atom is 0.336 e. The highest BCUT2D eigenvalue weighted by Crippen LogP contribution is 2.45. The molecular formula is C28H41NO7. The summed E-state index contributed by atoms with van der Waals surface area (Å²) in [4.78, 5) is 26.5. The van der Waals surface area contributed by atoms with Gasteiger partial charge in [-0.15, -0.1) is 0 Å². The maximum absolute atomic E-state index is 13.3. The van der Waals surface area contributed by atoms with Crippen LogP contribution in [0, 0.1) is 0 Å². The number of benzene rings is 1. The van der Waals surface area contributed by atoms with E-state index in [0.29, 0.717) is 28.1 Å². The smallest absolute Gasteiger partial charge is 0.336 e. The Labute approximate surface area is 214 Å². The lowest BCUT2D eigenvalue weighted by Gasteiger charge is -2.33. The van der Waals surface area contributed by atoms with E-state index >= 15 is 0 Å². The van der Waals surface area contributed by atoms with E-state index in [0.717, 1.165) is 0 Å². The first kappa shape index (κ1) is 29.4. The van der Waals surface area contributed by atoms with Gasteiger partial charge in [-0.1, -0.05) is 53.7 Å². The Hall–Kier alpha value is -2.84. The monoisotopic (exact) mass is 503 g/mol. The molecule has 0 aromatic heterocycles. The molecule has 2 atom stereocenters. The van der Waals surface area contributed by atoms with Crippen LogP contribution in [0.3, 0.4) is 0 Å². The number of allylic oxidation sites excluding steroid dienone is 2. The average Bonchev–Trinajstić information content (AvgIpc) is 2.75. The molecule has 36 heavy (non-hydrogen) atoms. The lowest BCUT2D eigenvalue weighted by Crippen LogP contribution is -2.34.